The smallest absolute Gasteiger partial charge is 0.150 e. The SMILES string of the molecule is CSc1nc2c(Cl)cc(F)cc2s1. The summed E-state index contributed by atoms with van der Waals surface area (Å²) in [6, 6.07) is 2.74. The molecule has 0 aliphatic heterocycles. The molecule has 1 aromatic carbocycles. The Hall–Kier alpha value is -0.320. The molecule has 0 aliphatic carbocycles. The highest BCUT2D eigenvalue weighted by Gasteiger charge is 2.08. The van der Waals surface area contributed by atoms with Crippen LogP contribution >= 0.6 is 34.7 Å². The fourth-order valence-electron chi connectivity index (χ4n) is 1.02. The molecule has 13 heavy (non-hydrogen) atoms. The van der Waals surface area contributed by atoms with Gasteiger partial charge < -0.3 is 0 Å². The lowest BCUT2D eigenvalue weighted by molar-refractivity contribution is 0.630. The van der Waals surface area contributed by atoms with E-state index >= 15 is 0 Å². The fraction of sp³-hybridized carbons (Fsp3) is 0.125. The van der Waals surface area contributed by atoms with Gasteiger partial charge in [-0.3, -0.25) is 0 Å². The molecule has 5 heteroatoms. The summed E-state index contributed by atoms with van der Waals surface area (Å²) in [7, 11) is 0. The number of benzene rings is 1. The van der Waals surface area contributed by atoms with Crippen LogP contribution in [0.1, 0.15) is 0 Å². The fourth-order valence-corrected chi connectivity index (χ4v) is 2.86. The average molecular weight is 234 g/mol. The Kier molecular flexibility index (Phi) is 2.45. The van der Waals surface area contributed by atoms with Gasteiger partial charge in [0.05, 0.1) is 9.72 Å². The number of halogens is 2. The Morgan fingerprint density at radius 2 is 2.31 bits per heavy atom. The number of nitrogens with zero attached hydrogens (tertiary/aromatic N) is 1. The second-order valence-corrected chi connectivity index (χ2v) is 4.91. The van der Waals surface area contributed by atoms with E-state index in [-0.39, 0.29) is 5.82 Å². The summed E-state index contributed by atoms with van der Waals surface area (Å²) in [4.78, 5) is 4.25. The third kappa shape index (κ3) is 1.66. The molecule has 0 fully saturated rings. The Bertz CT molecular complexity index is 455. The summed E-state index contributed by atoms with van der Waals surface area (Å²) < 4.78 is 14.6. The first-order chi connectivity index (χ1) is 6.20. The molecule has 0 N–H and O–H groups in total. The molecule has 1 nitrogen and oxygen atoms in total. The number of rotatable bonds is 1. The van der Waals surface area contributed by atoms with Gasteiger partial charge in [-0.25, -0.2) is 9.37 Å². The maximum Gasteiger partial charge on any atom is 0.150 e. The van der Waals surface area contributed by atoms with E-state index in [2.05, 4.69) is 4.98 Å². The van der Waals surface area contributed by atoms with Crippen LogP contribution in [0.4, 0.5) is 4.39 Å². The highest BCUT2D eigenvalue weighted by Crippen LogP contribution is 2.32. The molecule has 68 valence electrons. The van der Waals surface area contributed by atoms with Crippen LogP contribution in [-0.2, 0) is 0 Å². The zero-order valence-electron chi connectivity index (χ0n) is 6.67. The number of thioether (sulfide) groups is 1. The second kappa shape index (κ2) is 3.44. The molecule has 0 saturated carbocycles. The van der Waals surface area contributed by atoms with E-state index in [1.54, 1.807) is 0 Å². The normalized spacial score (nSPS) is 11.0. The number of fused-ring (bicyclic) bond motifs is 1. The molecule has 0 aliphatic rings. The van der Waals surface area contributed by atoms with Crippen molar-refractivity contribution in [1.82, 2.24) is 4.98 Å². The first-order valence-corrected chi connectivity index (χ1v) is 5.92. The van der Waals surface area contributed by atoms with Crippen molar-refractivity contribution in [1.29, 1.82) is 0 Å². The third-order valence-electron chi connectivity index (χ3n) is 1.57. The van der Waals surface area contributed by atoms with Gasteiger partial charge in [-0.1, -0.05) is 23.4 Å². The molecule has 2 rings (SSSR count). The van der Waals surface area contributed by atoms with E-state index in [0.29, 0.717) is 10.5 Å². The van der Waals surface area contributed by atoms with E-state index < -0.39 is 0 Å². The summed E-state index contributed by atoms with van der Waals surface area (Å²) in [6.45, 7) is 0. The summed E-state index contributed by atoms with van der Waals surface area (Å²) in [5, 5.41) is 0.381. The van der Waals surface area contributed by atoms with Gasteiger partial charge in [0.25, 0.3) is 0 Å². The van der Waals surface area contributed by atoms with Gasteiger partial charge in [0, 0.05) is 0 Å². The van der Waals surface area contributed by atoms with Gasteiger partial charge in [0.15, 0.2) is 4.34 Å². The molecule has 0 atom stereocenters. The molecule has 0 radical (unpaired) electrons. The zero-order chi connectivity index (χ0) is 9.42. The quantitative estimate of drug-likeness (QED) is 0.695. The maximum atomic E-state index is 12.9. The number of thiazole rings is 1. The molecule has 2 aromatic rings. The Morgan fingerprint density at radius 3 is 3.00 bits per heavy atom. The first kappa shape index (κ1) is 9.24. The minimum absolute atomic E-state index is 0.311. The van der Waals surface area contributed by atoms with Crippen molar-refractivity contribution in [3.63, 3.8) is 0 Å². The Labute approximate surface area is 87.9 Å². The standard InChI is InChI=1S/C8H5ClFNS2/c1-12-8-11-7-5(9)2-4(10)3-6(7)13-8/h2-3H,1H3. The van der Waals surface area contributed by atoms with E-state index in [9.17, 15) is 4.39 Å². The maximum absolute atomic E-state index is 12.9. The van der Waals surface area contributed by atoms with Gasteiger partial charge in [-0.15, -0.1) is 11.3 Å². The largest absolute Gasteiger partial charge is 0.228 e. The van der Waals surface area contributed by atoms with Crippen LogP contribution in [0.2, 0.25) is 5.02 Å². The van der Waals surface area contributed by atoms with E-state index in [4.69, 9.17) is 11.6 Å². The van der Waals surface area contributed by atoms with Crippen molar-refractivity contribution < 1.29 is 4.39 Å². The monoisotopic (exact) mass is 233 g/mol. The zero-order valence-corrected chi connectivity index (χ0v) is 9.06. The molecule has 0 spiro atoms. The second-order valence-electron chi connectivity index (χ2n) is 2.42. The van der Waals surface area contributed by atoms with Gasteiger partial charge >= 0.3 is 0 Å². The van der Waals surface area contributed by atoms with Gasteiger partial charge in [-0.2, -0.15) is 0 Å². The average Bonchev–Trinajstić information content (AvgIpc) is 2.47. The molecular formula is C8H5ClFNS2. The Balaban J connectivity index is 2.75. The van der Waals surface area contributed by atoms with Gasteiger partial charge in [0.2, 0.25) is 0 Å². The number of aromatic nitrogens is 1. The molecule has 0 amide bonds. The molecule has 0 unspecified atom stereocenters. The topological polar surface area (TPSA) is 12.9 Å². The summed E-state index contributed by atoms with van der Waals surface area (Å²) in [5.74, 6) is -0.311. The Morgan fingerprint density at radius 1 is 1.54 bits per heavy atom. The highest BCUT2D eigenvalue weighted by molar-refractivity contribution is 8.00. The van der Waals surface area contributed by atoms with Crippen molar-refractivity contribution in [3.8, 4) is 0 Å². The predicted octanol–water partition coefficient (Wildman–Crippen LogP) is 3.81. The van der Waals surface area contributed by atoms with Crippen molar-refractivity contribution in [2.75, 3.05) is 6.26 Å². The van der Waals surface area contributed by atoms with Crippen molar-refractivity contribution in [2.24, 2.45) is 0 Å². The van der Waals surface area contributed by atoms with E-state index in [1.165, 1.54) is 35.2 Å². The molecule has 0 bridgehead atoms. The molecule has 1 aromatic heterocycles. The predicted molar refractivity (Wildman–Crippen MR) is 56.4 cm³/mol. The molecular weight excluding hydrogens is 229 g/mol. The van der Waals surface area contributed by atoms with Crippen LogP contribution < -0.4 is 0 Å². The van der Waals surface area contributed by atoms with E-state index in [0.717, 1.165) is 9.04 Å². The van der Waals surface area contributed by atoms with E-state index in [1.807, 2.05) is 6.26 Å². The molecule has 1 heterocycles. The lowest BCUT2D eigenvalue weighted by Gasteiger charge is -1.91. The van der Waals surface area contributed by atoms with Crippen LogP contribution in [0, 0.1) is 5.82 Å². The van der Waals surface area contributed by atoms with Gasteiger partial charge in [0.1, 0.15) is 11.3 Å². The summed E-state index contributed by atoms with van der Waals surface area (Å²) >= 11 is 8.82. The summed E-state index contributed by atoms with van der Waals surface area (Å²) in [6.07, 6.45) is 1.93. The third-order valence-corrected chi connectivity index (χ3v) is 3.84. The minimum atomic E-state index is -0.311. The van der Waals surface area contributed by atoms with Crippen LogP contribution in [0.15, 0.2) is 16.5 Å². The van der Waals surface area contributed by atoms with Gasteiger partial charge in [-0.05, 0) is 18.4 Å². The van der Waals surface area contributed by atoms with Crippen LogP contribution in [0.5, 0.6) is 0 Å². The summed E-state index contributed by atoms with van der Waals surface area (Å²) in [5.41, 5.74) is 0.692. The highest BCUT2D eigenvalue weighted by atomic mass is 35.5. The first-order valence-electron chi connectivity index (χ1n) is 3.50. The van der Waals surface area contributed by atoms with Crippen LogP contribution in [0.3, 0.4) is 0 Å². The lowest BCUT2D eigenvalue weighted by atomic mass is 10.3. The molecule has 0 saturated heterocycles. The lowest BCUT2D eigenvalue weighted by Crippen LogP contribution is -1.75. The number of hydrogen-bond acceptors (Lipinski definition) is 3. The minimum Gasteiger partial charge on any atom is -0.228 e. The number of hydrogen-bond donors (Lipinski definition) is 0. The van der Waals surface area contributed by atoms with Crippen molar-refractivity contribution in [2.45, 2.75) is 4.34 Å². The van der Waals surface area contributed by atoms with Crippen LogP contribution in [-0.4, -0.2) is 11.2 Å². The van der Waals surface area contributed by atoms with Crippen molar-refractivity contribution in [3.05, 3.63) is 23.0 Å². The van der Waals surface area contributed by atoms with Crippen molar-refractivity contribution >= 4 is 44.9 Å². The van der Waals surface area contributed by atoms with Crippen LogP contribution in [0.25, 0.3) is 10.2 Å².